The van der Waals surface area contributed by atoms with Crippen molar-refractivity contribution in [2.24, 2.45) is 0 Å². The summed E-state index contributed by atoms with van der Waals surface area (Å²) in [6.07, 6.45) is 5.85. The van der Waals surface area contributed by atoms with E-state index in [-0.39, 0.29) is 11.0 Å². The number of hydrogen-bond acceptors (Lipinski definition) is 1. The van der Waals surface area contributed by atoms with Gasteiger partial charge in [-0.2, -0.15) is 0 Å². The molecule has 0 spiro atoms. The largest absolute Gasteiger partial charge is 0.326 e. The zero-order valence-electron chi connectivity index (χ0n) is 20.7. The lowest BCUT2D eigenvalue weighted by molar-refractivity contribution is 0.595. The highest BCUT2D eigenvalue weighted by Crippen LogP contribution is 2.34. The lowest BCUT2D eigenvalue weighted by Gasteiger charge is -2.37. The van der Waals surface area contributed by atoms with Crippen molar-refractivity contribution in [2.75, 3.05) is 0 Å². The van der Waals surface area contributed by atoms with Gasteiger partial charge in [0.1, 0.15) is 0 Å². The Balaban J connectivity index is 0.000000187. The lowest BCUT2D eigenvalue weighted by Crippen LogP contribution is -2.42. The van der Waals surface area contributed by atoms with Crippen LogP contribution in [-0.4, -0.2) is 26.9 Å². The summed E-state index contributed by atoms with van der Waals surface area (Å²) in [6, 6.07) is 41.7. The molecule has 4 heteroatoms. The van der Waals surface area contributed by atoms with Gasteiger partial charge < -0.3 is 4.57 Å². The maximum Gasteiger partial charge on any atom is 0.0954 e. The van der Waals surface area contributed by atoms with Gasteiger partial charge in [-0.15, -0.1) is 6.58 Å². The van der Waals surface area contributed by atoms with Crippen molar-refractivity contribution in [1.29, 1.82) is 0 Å². The first kappa shape index (κ1) is 25.2. The number of imidazole rings is 1. The Morgan fingerprint density at radius 1 is 0.750 bits per heavy atom. The van der Waals surface area contributed by atoms with Crippen LogP contribution in [0.25, 0.3) is 0 Å². The summed E-state index contributed by atoms with van der Waals surface area (Å²) in [4.78, 5) is 4.30. The third-order valence-electron chi connectivity index (χ3n) is 6.32. The van der Waals surface area contributed by atoms with Gasteiger partial charge in [0.05, 0.1) is 28.9 Å². The van der Waals surface area contributed by atoms with Crippen molar-refractivity contribution < 1.29 is 0 Å². The van der Waals surface area contributed by atoms with Crippen molar-refractivity contribution >= 4 is 17.4 Å². The fourth-order valence-corrected chi connectivity index (χ4v) is 6.75. The molecule has 1 aromatic heterocycles. The maximum absolute atomic E-state index is 6.12. The van der Waals surface area contributed by atoms with Crippen molar-refractivity contribution in [3.8, 4) is 0 Å². The fourth-order valence-electron chi connectivity index (χ4n) is 4.62. The van der Waals surface area contributed by atoms with Crippen LogP contribution in [0.5, 0.6) is 0 Å². The van der Waals surface area contributed by atoms with Crippen LogP contribution in [0.4, 0.5) is 0 Å². The molecule has 5 rings (SSSR count). The Labute approximate surface area is 218 Å². The van der Waals surface area contributed by atoms with E-state index in [2.05, 4.69) is 114 Å². The molecule has 0 aliphatic carbocycles. The zero-order chi connectivity index (χ0) is 25.2. The van der Waals surface area contributed by atoms with E-state index >= 15 is 0 Å². The number of nitrogens with zero attached hydrogens (tertiary/aromatic N) is 2. The van der Waals surface area contributed by atoms with Gasteiger partial charge in [-0.05, 0) is 35.0 Å². The number of aromatic nitrogens is 2. The number of benzene rings is 4. The molecule has 0 fully saturated rings. The van der Waals surface area contributed by atoms with E-state index in [1.165, 1.54) is 16.3 Å². The fraction of sp³-hybridized carbons (Fsp3) is 0.0938. The standard InChI is InChI=1S/C19H20N2Si.C13H11B/c1-16(2)22-19(21-14-13-20-15-21,17-9-5-3-6-10-17)18-11-7-4-8-12-18;14-13(11-7-3-1-4-8-11)12-9-5-2-6-10-12/h3-15H,1,22H2,2H3;1-10,13H. The molecule has 0 atom stereocenters. The highest BCUT2D eigenvalue weighted by Gasteiger charge is 2.36. The first-order valence-electron chi connectivity index (χ1n) is 12.2. The van der Waals surface area contributed by atoms with Crippen molar-refractivity contribution in [1.82, 2.24) is 9.55 Å². The summed E-state index contributed by atoms with van der Waals surface area (Å²) in [7, 11) is 5.43. The maximum atomic E-state index is 6.12. The van der Waals surface area contributed by atoms with E-state index in [1.807, 2.05) is 48.9 Å². The van der Waals surface area contributed by atoms with E-state index in [0.717, 1.165) is 11.1 Å². The van der Waals surface area contributed by atoms with Gasteiger partial charge in [-0.3, -0.25) is 0 Å². The first-order valence-corrected chi connectivity index (χ1v) is 13.6. The molecule has 0 amide bonds. The summed E-state index contributed by atoms with van der Waals surface area (Å²) >= 11 is 0. The minimum Gasteiger partial charge on any atom is -0.326 e. The molecule has 4 aromatic carbocycles. The molecule has 2 nitrogen and oxygen atoms in total. The molecular formula is C32H31BN2Si. The molecule has 5 aromatic rings. The van der Waals surface area contributed by atoms with Crippen LogP contribution in [0.2, 0.25) is 0 Å². The molecule has 0 unspecified atom stereocenters. The molecular weight excluding hydrogens is 451 g/mol. The topological polar surface area (TPSA) is 17.8 Å². The second kappa shape index (κ2) is 12.2. The summed E-state index contributed by atoms with van der Waals surface area (Å²) in [5.74, 6) is -0.0163. The normalized spacial score (nSPS) is 11.3. The smallest absolute Gasteiger partial charge is 0.0954 e. The number of hydrogen-bond donors (Lipinski definition) is 0. The average molecular weight is 483 g/mol. The molecule has 0 bridgehead atoms. The van der Waals surface area contributed by atoms with Gasteiger partial charge in [-0.25, -0.2) is 4.98 Å². The molecule has 0 saturated heterocycles. The van der Waals surface area contributed by atoms with Crippen molar-refractivity contribution in [3.63, 3.8) is 0 Å². The predicted molar refractivity (Wildman–Crippen MR) is 155 cm³/mol. The highest BCUT2D eigenvalue weighted by molar-refractivity contribution is 6.50. The predicted octanol–water partition coefficient (Wildman–Crippen LogP) is 6.28. The molecule has 2 radical (unpaired) electrons. The van der Waals surface area contributed by atoms with Crippen LogP contribution < -0.4 is 0 Å². The number of rotatable bonds is 7. The quantitative estimate of drug-likeness (QED) is 0.250. The summed E-state index contributed by atoms with van der Waals surface area (Å²) in [6.45, 7) is 6.37. The van der Waals surface area contributed by atoms with Gasteiger partial charge in [-0.1, -0.05) is 127 Å². The van der Waals surface area contributed by atoms with E-state index in [0.29, 0.717) is 0 Å². The molecule has 36 heavy (non-hydrogen) atoms. The Kier molecular flexibility index (Phi) is 8.53. The van der Waals surface area contributed by atoms with Crippen LogP contribution in [0, 0.1) is 0 Å². The van der Waals surface area contributed by atoms with Crippen molar-refractivity contribution in [2.45, 2.75) is 17.9 Å². The van der Waals surface area contributed by atoms with Crippen LogP contribution in [0.15, 0.2) is 152 Å². The first-order chi connectivity index (χ1) is 17.6. The monoisotopic (exact) mass is 482 g/mol. The minimum absolute atomic E-state index is 0.0163. The third-order valence-corrected chi connectivity index (χ3v) is 8.62. The van der Waals surface area contributed by atoms with Crippen LogP contribution in [0.1, 0.15) is 35.0 Å². The molecule has 1 heterocycles. The van der Waals surface area contributed by atoms with Crippen LogP contribution >= 0.6 is 0 Å². The average Bonchev–Trinajstić information content (AvgIpc) is 3.49. The number of allylic oxidation sites excluding steroid dienone is 1. The van der Waals surface area contributed by atoms with E-state index in [1.54, 1.807) is 0 Å². The van der Waals surface area contributed by atoms with Gasteiger partial charge in [0.2, 0.25) is 0 Å². The molecule has 176 valence electrons. The second-order valence-electron chi connectivity index (χ2n) is 9.00. The lowest BCUT2D eigenvalue weighted by atomic mass is 9.76. The zero-order valence-corrected chi connectivity index (χ0v) is 22.2. The van der Waals surface area contributed by atoms with Crippen LogP contribution in [0.3, 0.4) is 0 Å². The van der Waals surface area contributed by atoms with Gasteiger partial charge in [0.15, 0.2) is 0 Å². The SMILES string of the molecule is C=C(C)[SiH2]C(c1ccccc1)(c1ccccc1)n1ccnc1.[B]C(c1ccccc1)c1ccccc1. The summed E-state index contributed by atoms with van der Waals surface area (Å²) in [5, 5.41) is 1.10. The van der Waals surface area contributed by atoms with E-state index in [4.69, 9.17) is 7.85 Å². The molecule has 0 aliphatic heterocycles. The van der Waals surface area contributed by atoms with Gasteiger partial charge >= 0.3 is 0 Å². The van der Waals surface area contributed by atoms with Gasteiger partial charge in [0, 0.05) is 12.4 Å². The summed E-state index contributed by atoms with van der Waals surface area (Å²) in [5.41, 5.74) is 4.90. The molecule has 0 N–H and O–H groups in total. The molecule has 0 aliphatic rings. The second-order valence-corrected chi connectivity index (χ2v) is 11.6. The highest BCUT2D eigenvalue weighted by atomic mass is 28.2. The Hall–Kier alpha value is -3.89. The van der Waals surface area contributed by atoms with Crippen LogP contribution in [-0.2, 0) is 5.16 Å². The third kappa shape index (κ3) is 5.84. The Morgan fingerprint density at radius 2 is 1.17 bits per heavy atom. The Morgan fingerprint density at radius 3 is 1.53 bits per heavy atom. The Bertz CT molecular complexity index is 1240. The van der Waals surface area contributed by atoms with E-state index in [9.17, 15) is 0 Å². The van der Waals surface area contributed by atoms with Crippen molar-refractivity contribution in [3.05, 3.63) is 174 Å². The molecule has 0 saturated carbocycles. The van der Waals surface area contributed by atoms with Gasteiger partial charge in [0.25, 0.3) is 0 Å². The minimum atomic E-state index is -0.684. The summed E-state index contributed by atoms with van der Waals surface area (Å²) < 4.78 is 2.25. The van der Waals surface area contributed by atoms with E-state index < -0.39 is 9.52 Å².